The Morgan fingerprint density at radius 2 is 2.23 bits per heavy atom. The third kappa shape index (κ3) is 6.62. The molecular formula is C10H18N2Y-2. The molecule has 1 radical (unpaired) electrons. The van der Waals surface area contributed by atoms with Crippen molar-refractivity contribution in [2.75, 3.05) is 20.6 Å². The molecule has 0 aliphatic heterocycles. The summed E-state index contributed by atoms with van der Waals surface area (Å²) < 4.78 is 0. The number of aliphatic imine (C=N–C) groups is 1. The largest absolute Gasteiger partial charge is 0.542 e. The second-order valence-electron chi connectivity index (χ2n) is 3.62. The third-order valence-corrected chi connectivity index (χ3v) is 2.13. The summed E-state index contributed by atoms with van der Waals surface area (Å²) in [6, 6.07) is 0. The van der Waals surface area contributed by atoms with Crippen LogP contribution in [0.1, 0.15) is 25.7 Å². The van der Waals surface area contributed by atoms with Gasteiger partial charge < -0.3 is 16.3 Å². The summed E-state index contributed by atoms with van der Waals surface area (Å²) in [4.78, 5) is 6.10. The fourth-order valence-electron chi connectivity index (χ4n) is 1.49. The predicted octanol–water partition coefficient (Wildman–Crippen LogP) is 1.85. The molecule has 0 aromatic heterocycles. The van der Waals surface area contributed by atoms with E-state index in [1.807, 2.05) is 19.0 Å². The van der Waals surface area contributed by atoms with Crippen molar-refractivity contribution in [1.82, 2.24) is 4.90 Å². The summed E-state index contributed by atoms with van der Waals surface area (Å²) in [5, 5.41) is 0. The van der Waals surface area contributed by atoms with Gasteiger partial charge in [-0.15, -0.1) is 0 Å². The summed E-state index contributed by atoms with van der Waals surface area (Å²) >= 11 is 0. The quantitative estimate of drug-likeness (QED) is 0.325. The smallest absolute Gasteiger partial charge is 0 e. The van der Waals surface area contributed by atoms with E-state index in [-0.39, 0.29) is 32.7 Å². The van der Waals surface area contributed by atoms with Gasteiger partial charge in [0.05, 0.1) is 0 Å². The molecule has 1 aliphatic carbocycles. The van der Waals surface area contributed by atoms with Gasteiger partial charge in [0.25, 0.3) is 0 Å². The topological polar surface area (TPSA) is 15.6 Å². The summed E-state index contributed by atoms with van der Waals surface area (Å²) in [5.41, 5.74) is 0. The molecule has 0 aromatic rings. The van der Waals surface area contributed by atoms with Crippen LogP contribution in [0.15, 0.2) is 4.99 Å². The minimum absolute atomic E-state index is 0. The summed E-state index contributed by atoms with van der Waals surface area (Å²) in [6.07, 6.45) is 10.7. The molecule has 0 spiro atoms. The van der Waals surface area contributed by atoms with Crippen molar-refractivity contribution in [1.29, 1.82) is 0 Å². The Hall–Kier alpha value is 0.574. The molecule has 0 heterocycles. The van der Waals surface area contributed by atoms with Gasteiger partial charge >= 0.3 is 0 Å². The maximum Gasteiger partial charge on any atom is 0 e. The van der Waals surface area contributed by atoms with E-state index in [0.29, 0.717) is 5.92 Å². The van der Waals surface area contributed by atoms with Crippen molar-refractivity contribution in [2.24, 2.45) is 10.9 Å². The molecule has 0 N–H and O–H groups in total. The van der Waals surface area contributed by atoms with Crippen molar-refractivity contribution < 1.29 is 32.7 Å². The van der Waals surface area contributed by atoms with E-state index in [0.717, 1.165) is 6.54 Å². The molecule has 0 saturated heterocycles. The normalized spacial score (nSPS) is 22.8. The van der Waals surface area contributed by atoms with Crippen LogP contribution in [0.3, 0.4) is 0 Å². The third-order valence-electron chi connectivity index (χ3n) is 2.13. The number of hydrogen-bond donors (Lipinski definition) is 0. The minimum atomic E-state index is 0. The van der Waals surface area contributed by atoms with E-state index in [2.05, 4.69) is 17.8 Å². The second kappa shape index (κ2) is 7.93. The van der Waals surface area contributed by atoms with E-state index >= 15 is 0 Å². The molecule has 2 nitrogen and oxygen atoms in total. The van der Waals surface area contributed by atoms with Crippen molar-refractivity contribution in [3.63, 3.8) is 0 Å². The van der Waals surface area contributed by atoms with Gasteiger partial charge in [-0.2, -0.15) is 12.3 Å². The first-order valence-electron chi connectivity index (χ1n) is 4.72. The Kier molecular flexibility index (Phi) is 8.28. The van der Waals surface area contributed by atoms with Gasteiger partial charge in [0.2, 0.25) is 0 Å². The first-order valence-corrected chi connectivity index (χ1v) is 4.72. The van der Waals surface area contributed by atoms with Gasteiger partial charge in [-0.1, -0.05) is 19.3 Å². The fraction of sp³-hybridized carbons (Fsp3) is 0.800. The molecule has 13 heavy (non-hydrogen) atoms. The molecular weight excluding hydrogens is 237 g/mol. The standard InChI is InChI=1S/C10H18N2.Y/c1-12(2)9-11-8-10-6-4-3-5-7-10;/h6,10H,3-5,7-8H2,1-2H3;/q-2;. The Morgan fingerprint density at radius 1 is 1.46 bits per heavy atom. The molecule has 1 fully saturated rings. The first-order chi connectivity index (χ1) is 5.79. The van der Waals surface area contributed by atoms with Gasteiger partial charge in [-0.3, -0.25) is 6.34 Å². The molecule has 1 atom stereocenters. The van der Waals surface area contributed by atoms with Gasteiger partial charge in [-0.25, -0.2) is 0 Å². The first kappa shape index (κ1) is 13.6. The van der Waals surface area contributed by atoms with Crippen molar-refractivity contribution >= 4 is 6.34 Å². The molecule has 3 heteroatoms. The maximum atomic E-state index is 4.24. The number of hydrogen-bond acceptors (Lipinski definition) is 1. The minimum Gasteiger partial charge on any atom is -0.542 e. The Bertz CT molecular complexity index is 140. The van der Waals surface area contributed by atoms with E-state index < -0.39 is 0 Å². The average Bonchev–Trinajstić information content (AvgIpc) is 2.05. The Labute approximate surface area is 107 Å². The van der Waals surface area contributed by atoms with Crippen LogP contribution in [-0.4, -0.2) is 31.9 Å². The van der Waals surface area contributed by atoms with Crippen LogP contribution in [0.4, 0.5) is 0 Å². The monoisotopic (exact) mass is 255 g/mol. The van der Waals surface area contributed by atoms with Gasteiger partial charge in [0, 0.05) is 32.7 Å². The van der Waals surface area contributed by atoms with Crippen LogP contribution in [0.2, 0.25) is 0 Å². The number of nitrogens with zero attached hydrogens (tertiary/aromatic N) is 2. The van der Waals surface area contributed by atoms with Crippen LogP contribution in [0, 0.1) is 12.3 Å². The molecule has 0 bridgehead atoms. The SMILES string of the molecule is CN(C)[C-]=NCC1[CH-]CCCC1.[Y]. The van der Waals surface area contributed by atoms with Crippen LogP contribution < -0.4 is 0 Å². The summed E-state index contributed by atoms with van der Waals surface area (Å²) in [7, 11) is 3.90. The Balaban J connectivity index is 0.00000144. The van der Waals surface area contributed by atoms with Crippen molar-refractivity contribution in [2.45, 2.75) is 25.7 Å². The van der Waals surface area contributed by atoms with Crippen molar-refractivity contribution in [3.8, 4) is 0 Å². The number of rotatable bonds is 3. The molecule has 1 unspecified atom stereocenters. The van der Waals surface area contributed by atoms with E-state index in [9.17, 15) is 0 Å². The van der Waals surface area contributed by atoms with Crippen molar-refractivity contribution in [3.05, 3.63) is 6.42 Å². The maximum absolute atomic E-state index is 4.24. The summed E-state index contributed by atoms with van der Waals surface area (Å²) in [5.74, 6) is 0.714. The van der Waals surface area contributed by atoms with Crippen LogP contribution >= 0.6 is 0 Å². The summed E-state index contributed by atoms with van der Waals surface area (Å²) in [6.45, 7) is 0.929. The van der Waals surface area contributed by atoms with Gasteiger partial charge in [0.1, 0.15) is 0 Å². The van der Waals surface area contributed by atoms with E-state index in [4.69, 9.17) is 0 Å². The van der Waals surface area contributed by atoms with Gasteiger partial charge in [0.15, 0.2) is 0 Å². The van der Waals surface area contributed by atoms with Gasteiger partial charge in [-0.05, 0) is 20.6 Å². The predicted molar refractivity (Wildman–Crippen MR) is 52.2 cm³/mol. The molecule has 0 aromatic carbocycles. The molecule has 1 aliphatic rings. The fourth-order valence-corrected chi connectivity index (χ4v) is 1.49. The molecule has 1 saturated carbocycles. The average molecular weight is 255 g/mol. The molecule has 73 valence electrons. The Morgan fingerprint density at radius 3 is 2.77 bits per heavy atom. The van der Waals surface area contributed by atoms with Crippen LogP contribution in [0.25, 0.3) is 0 Å². The zero-order chi connectivity index (χ0) is 8.81. The zero-order valence-corrected chi connectivity index (χ0v) is 11.5. The molecule has 1 rings (SSSR count). The van der Waals surface area contributed by atoms with E-state index in [1.165, 1.54) is 25.7 Å². The molecule has 0 amide bonds. The van der Waals surface area contributed by atoms with Crippen LogP contribution in [0.5, 0.6) is 0 Å². The van der Waals surface area contributed by atoms with E-state index in [1.54, 1.807) is 0 Å². The second-order valence-corrected chi connectivity index (χ2v) is 3.62. The van der Waals surface area contributed by atoms with Crippen LogP contribution in [-0.2, 0) is 32.7 Å². The zero-order valence-electron chi connectivity index (χ0n) is 8.66.